The Hall–Kier alpha value is -3.42. The van der Waals surface area contributed by atoms with Crippen molar-refractivity contribution in [3.63, 3.8) is 0 Å². The van der Waals surface area contributed by atoms with E-state index in [1.54, 1.807) is 23.9 Å². The first-order valence-electron chi connectivity index (χ1n) is 7.67. The highest BCUT2D eigenvalue weighted by molar-refractivity contribution is 5.80. The van der Waals surface area contributed by atoms with Crippen molar-refractivity contribution in [1.82, 2.24) is 19.1 Å². The van der Waals surface area contributed by atoms with Gasteiger partial charge in [-0.25, -0.2) is 10.2 Å². The molecular formula is C17H18N6O2. The van der Waals surface area contributed by atoms with E-state index in [2.05, 4.69) is 27.1 Å². The van der Waals surface area contributed by atoms with Crippen molar-refractivity contribution < 1.29 is 0 Å². The second-order valence-electron chi connectivity index (χ2n) is 5.61. The van der Waals surface area contributed by atoms with Crippen LogP contribution in [0.2, 0.25) is 0 Å². The summed E-state index contributed by atoms with van der Waals surface area (Å²) < 4.78 is 2.90. The molecule has 8 heteroatoms. The number of allylic oxidation sites excluding steroid dienone is 1. The van der Waals surface area contributed by atoms with E-state index in [0.717, 1.165) is 11.1 Å². The fraction of sp³-hybridized carbons (Fsp3) is 0.176. The highest BCUT2D eigenvalue weighted by Gasteiger charge is 2.16. The maximum absolute atomic E-state index is 12.2. The molecule has 0 aliphatic rings. The Balaban J connectivity index is 2.02. The summed E-state index contributed by atoms with van der Waals surface area (Å²) in [5, 5.41) is 4.17. The highest BCUT2D eigenvalue weighted by atomic mass is 16.2. The Morgan fingerprint density at radius 2 is 2.04 bits per heavy atom. The third-order valence-corrected chi connectivity index (χ3v) is 3.77. The number of aryl methyl sites for hydroxylation is 2. The molecule has 1 aromatic carbocycles. The molecule has 25 heavy (non-hydrogen) atoms. The molecule has 8 nitrogen and oxygen atoms in total. The number of imidazole rings is 1. The number of hydrazone groups is 1. The van der Waals surface area contributed by atoms with Crippen LogP contribution in [-0.2, 0) is 13.6 Å². The molecule has 2 N–H and O–H groups in total. The van der Waals surface area contributed by atoms with Crippen molar-refractivity contribution in [1.29, 1.82) is 0 Å². The fourth-order valence-corrected chi connectivity index (χ4v) is 2.44. The number of aromatic nitrogens is 4. The zero-order valence-electron chi connectivity index (χ0n) is 14.0. The van der Waals surface area contributed by atoms with Crippen LogP contribution < -0.4 is 16.7 Å². The minimum Gasteiger partial charge on any atom is -0.299 e. The third kappa shape index (κ3) is 3.14. The first-order valence-corrected chi connectivity index (χ1v) is 7.67. The lowest BCUT2D eigenvalue weighted by Gasteiger charge is -2.04. The van der Waals surface area contributed by atoms with Crippen LogP contribution in [-0.4, -0.2) is 25.3 Å². The fourth-order valence-electron chi connectivity index (χ4n) is 2.44. The normalized spacial score (nSPS) is 11.3. The standard InChI is InChI=1S/C17H18N6O2/c1-4-9-23-13-14(22(3)17(25)20-15(13)24)19-16(23)21-18-10-12-7-5-11(2)6-8-12/h4-8,10H,1,9H2,2-3H3,(H,19,21)(H,20,24,25)/b18-10-. The van der Waals surface area contributed by atoms with Gasteiger partial charge in [0.15, 0.2) is 11.2 Å². The summed E-state index contributed by atoms with van der Waals surface area (Å²) in [5.41, 5.74) is 4.47. The molecule has 0 fully saturated rings. The minimum absolute atomic E-state index is 0.281. The van der Waals surface area contributed by atoms with Gasteiger partial charge in [-0.1, -0.05) is 35.9 Å². The molecule has 0 aliphatic heterocycles. The zero-order chi connectivity index (χ0) is 18.0. The van der Waals surface area contributed by atoms with Crippen molar-refractivity contribution >= 4 is 23.3 Å². The van der Waals surface area contributed by atoms with E-state index >= 15 is 0 Å². The first-order chi connectivity index (χ1) is 12.0. The number of benzene rings is 1. The number of nitrogens with zero attached hydrogens (tertiary/aromatic N) is 4. The van der Waals surface area contributed by atoms with E-state index in [9.17, 15) is 9.59 Å². The Morgan fingerprint density at radius 1 is 1.32 bits per heavy atom. The van der Waals surface area contributed by atoms with Gasteiger partial charge in [-0.15, -0.1) is 6.58 Å². The van der Waals surface area contributed by atoms with Crippen LogP contribution in [0.4, 0.5) is 5.95 Å². The molecule has 3 rings (SSSR count). The molecule has 0 aliphatic carbocycles. The van der Waals surface area contributed by atoms with E-state index in [4.69, 9.17) is 0 Å². The van der Waals surface area contributed by atoms with Gasteiger partial charge in [-0.3, -0.25) is 18.9 Å². The summed E-state index contributed by atoms with van der Waals surface area (Å²) in [5.74, 6) is 0.352. The monoisotopic (exact) mass is 338 g/mol. The molecule has 3 aromatic rings. The van der Waals surface area contributed by atoms with E-state index in [0.29, 0.717) is 12.5 Å². The number of rotatable bonds is 5. The molecule has 0 amide bonds. The SMILES string of the molecule is C=CCn1c(N/N=C\c2ccc(C)cc2)nc2c1c(=O)[nH]c(=O)n2C. The van der Waals surface area contributed by atoms with Gasteiger partial charge in [0.1, 0.15) is 0 Å². The average Bonchev–Trinajstić information content (AvgIpc) is 2.94. The van der Waals surface area contributed by atoms with Gasteiger partial charge in [-0.05, 0) is 12.5 Å². The van der Waals surface area contributed by atoms with Crippen LogP contribution in [0.5, 0.6) is 0 Å². The summed E-state index contributed by atoms with van der Waals surface area (Å²) in [6, 6.07) is 7.87. The van der Waals surface area contributed by atoms with E-state index in [1.165, 1.54) is 4.57 Å². The number of fused-ring (bicyclic) bond motifs is 1. The predicted octanol–water partition coefficient (Wildman–Crippen LogP) is 1.36. The minimum atomic E-state index is -0.518. The van der Waals surface area contributed by atoms with Gasteiger partial charge in [0, 0.05) is 13.6 Å². The van der Waals surface area contributed by atoms with Crippen molar-refractivity contribution in [2.45, 2.75) is 13.5 Å². The second-order valence-corrected chi connectivity index (χ2v) is 5.61. The van der Waals surface area contributed by atoms with Crippen LogP contribution in [0.15, 0.2) is 51.6 Å². The molecule has 0 bridgehead atoms. The lowest BCUT2D eigenvalue weighted by atomic mass is 10.2. The molecule has 0 saturated carbocycles. The van der Waals surface area contributed by atoms with Crippen LogP contribution in [0.1, 0.15) is 11.1 Å². The smallest absolute Gasteiger partial charge is 0.299 e. The quantitative estimate of drug-likeness (QED) is 0.417. The van der Waals surface area contributed by atoms with E-state index in [1.807, 2.05) is 31.2 Å². The summed E-state index contributed by atoms with van der Waals surface area (Å²) in [6.45, 7) is 6.05. The predicted molar refractivity (Wildman–Crippen MR) is 98.2 cm³/mol. The lowest BCUT2D eigenvalue weighted by Crippen LogP contribution is -2.29. The van der Waals surface area contributed by atoms with Crippen molar-refractivity contribution in [3.8, 4) is 0 Å². The van der Waals surface area contributed by atoms with E-state index in [-0.39, 0.29) is 11.2 Å². The Morgan fingerprint density at radius 3 is 2.72 bits per heavy atom. The molecule has 0 radical (unpaired) electrons. The number of aromatic amines is 1. The Bertz CT molecular complexity index is 1070. The van der Waals surface area contributed by atoms with Gasteiger partial charge >= 0.3 is 5.69 Å². The van der Waals surface area contributed by atoms with Gasteiger partial charge in [0.2, 0.25) is 5.95 Å². The van der Waals surface area contributed by atoms with Gasteiger partial charge in [0.05, 0.1) is 6.21 Å². The molecule has 0 saturated heterocycles. The molecule has 2 aromatic heterocycles. The number of anilines is 1. The number of hydrogen-bond acceptors (Lipinski definition) is 5. The summed E-state index contributed by atoms with van der Waals surface area (Å²) in [6.07, 6.45) is 3.29. The van der Waals surface area contributed by atoms with Gasteiger partial charge in [0.25, 0.3) is 5.56 Å². The van der Waals surface area contributed by atoms with Crippen LogP contribution in [0.3, 0.4) is 0 Å². The summed E-state index contributed by atoms with van der Waals surface area (Å²) in [7, 11) is 1.55. The van der Waals surface area contributed by atoms with Crippen molar-refractivity contribution in [3.05, 3.63) is 68.9 Å². The van der Waals surface area contributed by atoms with Crippen LogP contribution in [0, 0.1) is 6.92 Å². The van der Waals surface area contributed by atoms with Crippen molar-refractivity contribution in [2.24, 2.45) is 12.1 Å². The molecular weight excluding hydrogens is 320 g/mol. The molecule has 128 valence electrons. The second kappa shape index (κ2) is 6.60. The van der Waals surface area contributed by atoms with Crippen LogP contribution in [0.25, 0.3) is 11.2 Å². The number of hydrogen-bond donors (Lipinski definition) is 2. The molecule has 2 heterocycles. The van der Waals surface area contributed by atoms with Gasteiger partial charge < -0.3 is 0 Å². The van der Waals surface area contributed by atoms with Gasteiger partial charge in [-0.2, -0.15) is 10.1 Å². The van der Waals surface area contributed by atoms with E-state index < -0.39 is 11.2 Å². The van der Waals surface area contributed by atoms with Crippen molar-refractivity contribution in [2.75, 3.05) is 5.43 Å². The largest absolute Gasteiger partial charge is 0.329 e. The average molecular weight is 338 g/mol. The van der Waals surface area contributed by atoms with Crippen LogP contribution >= 0.6 is 0 Å². The number of H-pyrrole nitrogens is 1. The Kier molecular flexibility index (Phi) is 4.34. The lowest BCUT2D eigenvalue weighted by molar-refractivity contribution is 0.819. The highest BCUT2D eigenvalue weighted by Crippen LogP contribution is 2.15. The zero-order valence-corrected chi connectivity index (χ0v) is 14.0. The topological polar surface area (TPSA) is 97.1 Å². The summed E-state index contributed by atoms with van der Waals surface area (Å²) >= 11 is 0. The maximum atomic E-state index is 12.2. The Labute approximate surface area is 143 Å². The summed E-state index contributed by atoms with van der Waals surface area (Å²) in [4.78, 5) is 30.5. The third-order valence-electron chi connectivity index (χ3n) is 3.77. The molecule has 0 unspecified atom stereocenters. The molecule has 0 atom stereocenters. The maximum Gasteiger partial charge on any atom is 0.329 e. The molecule has 0 spiro atoms. The number of nitrogens with one attached hydrogen (secondary N) is 2. The first kappa shape index (κ1) is 16.4.